The van der Waals surface area contributed by atoms with Crippen molar-refractivity contribution < 1.29 is 4.42 Å². The Bertz CT molecular complexity index is 2710. The lowest BCUT2D eigenvalue weighted by atomic mass is 9.82. The van der Waals surface area contributed by atoms with Gasteiger partial charge in [0.25, 0.3) is 0 Å². The van der Waals surface area contributed by atoms with Gasteiger partial charge in [-0.25, -0.2) is 4.98 Å². The molecule has 0 bridgehead atoms. The lowest BCUT2D eigenvalue weighted by Gasteiger charge is -2.21. The zero-order valence-electron chi connectivity index (χ0n) is 26.2. The van der Waals surface area contributed by atoms with Gasteiger partial charge in [-0.3, -0.25) is 4.57 Å². The quantitative estimate of drug-likeness (QED) is 0.201. The number of pyridine rings is 1. The third-order valence-electron chi connectivity index (χ3n) is 10.2. The van der Waals surface area contributed by atoms with E-state index in [1.54, 1.807) is 0 Å². The first-order chi connectivity index (χ1) is 23.0. The van der Waals surface area contributed by atoms with Crippen LogP contribution in [0, 0.1) is 0 Å². The maximum absolute atomic E-state index is 6.17. The zero-order valence-corrected chi connectivity index (χ0v) is 26.2. The van der Waals surface area contributed by atoms with Crippen LogP contribution >= 0.6 is 0 Å². The molecule has 0 fully saturated rings. The number of benzene rings is 6. The molecule has 3 aromatic heterocycles. The zero-order chi connectivity index (χ0) is 31.3. The lowest BCUT2D eigenvalue weighted by molar-refractivity contribution is 0.661. The van der Waals surface area contributed by atoms with Crippen molar-refractivity contribution in [2.24, 2.45) is 0 Å². The third-order valence-corrected chi connectivity index (χ3v) is 10.2. The molecule has 0 aliphatic heterocycles. The summed E-state index contributed by atoms with van der Waals surface area (Å²) in [4.78, 5) is 5.44. The first kappa shape index (κ1) is 26.3. The smallest absolute Gasteiger partial charge is 0.138 e. The Kier molecular flexibility index (Phi) is 5.34. The minimum absolute atomic E-state index is 0.0716. The molecule has 10 rings (SSSR count). The summed E-state index contributed by atoms with van der Waals surface area (Å²) in [5.74, 6) is 0.898. The van der Waals surface area contributed by atoms with E-state index in [-0.39, 0.29) is 5.41 Å². The summed E-state index contributed by atoms with van der Waals surface area (Å²) in [6.07, 6.45) is 0. The monoisotopic (exact) mass is 602 g/mol. The van der Waals surface area contributed by atoms with E-state index in [1.807, 2.05) is 12.1 Å². The largest absolute Gasteiger partial charge is 0.456 e. The second-order valence-electron chi connectivity index (χ2n) is 13.2. The highest BCUT2D eigenvalue weighted by atomic mass is 16.3. The molecule has 0 atom stereocenters. The predicted molar refractivity (Wildman–Crippen MR) is 194 cm³/mol. The molecule has 3 heterocycles. The van der Waals surface area contributed by atoms with E-state index < -0.39 is 0 Å². The normalized spacial score (nSPS) is 13.5. The molecular formula is C44H30N2O. The number of hydrogen-bond acceptors (Lipinski definition) is 2. The summed E-state index contributed by atoms with van der Waals surface area (Å²) in [6.45, 7) is 4.69. The molecule has 3 nitrogen and oxygen atoms in total. The van der Waals surface area contributed by atoms with Gasteiger partial charge in [-0.15, -0.1) is 0 Å². The van der Waals surface area contributed by atoms with E-state index in [0.29, 0.717) is 0 Å². The van der Waals surface area contributed by atoms with Crippen LogP contribution in [0.3, 0.4) is 0 Å². The predicted octanol–water partition coefficient (Wildman–Crippen LogP) is 11.7. The van der Waals surface area contributed by atoms with Crippen LogP contribution in [0.1, 0.15) is 25.0 Å². The summed E-state index contributed by atoms with van der Waals surface area (Å²) in [5.41, 5.74) is 13.7. The van der Waals surface area contributed by atoms with Gasteiger partial charge in [0.1, 0.15) is 17.0 Å². The topological polar surface area (TPSA) is 31.0 Å². The van der Waals surface area contributed by atoms with Crippen LogP contribution in [-0.4, -0.2) is 9.55 Å². The molecule has 0 saturated heterocycles. The maximum Gasteiger partial charge on any atom is 0.138 e. The first-order valence-electron chi connectivity index (χ1n) is 16.2. The van der Waals surface area contributed by atoms with Crippen molar-refractivity contribution in [3.63, 3.8) is 0 Å². The minimum atomic E-state index is -0.0716. The fourth-order valence-corrected chi connectivity index (χ4v) is 7.87. The number of hydrogen-bond donors (Lipinski definition) is 0. The second kappa shape index (κ2) is 9.54. The summed E-state index contributed by atoms with van der Waals surface area (Å²) in [5, 5.41) is 4.69. The molecule has 1 aliphatic rings. The SMILES string of the molecule is CC1(C)c2ccccc2-c2cc3c(cc21)c1ccccc1n3-c1cc(-c2ccccc2)cc(-c2ccc3oc4ccccc4c3c2)n1. The molecule has 0 saturated carbocycles. The molecule has 6 aromatic carbocycles. The van der Waals surface area contributed by atoms with E-state index in [0.717, 1.165) is 61.2 Å². The van der Waals surface area contributed by atoms with Crippen molar-refractivity contribution in [1.29, 1.82) is 0 Å². The van der Waals surface area contributed by atoms with Crippen LogP contribution in [0.15, 0.2) is 150 Å². The van der Waals surface area contributed by atoms with E-state index in [1.165, 1.54) is 33.0 Å². The van der Waals surface area contributed by atoms with E-state index >= 15 is 0 Å². The molecule has 222 valence electrons. The number of nitrogens with zero attached hydrogens (tertiary/aromatic N) is 2. The van der Waals surface area contributed by atoms with Crippen LogP contribution in [-0.2, 0) is 5.41 Å². The van der Waals surface area contributed by atoms with Crippen molar-refractivity contribution in [3.05, 3.63) is 157 Å². The van der Waals surface area contributed by atoms with Crippen molar-refractivity contribution in [2.45, 2.75) is 19.3 Å². The van der Waals surface area contributed by atoms with Gasteiger partial charge in [0.2, 0.25) is 0 Å². The number of fused-ring (bicyclic) bond motifs is 9. The van der Waals surface area contributed by atoms with Crippen molar-refractivity contribution in [3.8, 4) is 39.3 Å². The van der Waals surface area contributed by atoms with Crippen LogP contribution in [0.25, 0.3) is 83.1 Å². The molecule has 1 aliphatic carbocycles. The molecule has 47 heavy (non-hydrogen) atoms. The number of rotatable bonds is 3. The number of aromatic nitrogens is 2. The Morgan fingerprint density at radius 1 is 0.489 bits per heavy atom. The summed E-state index contributed by atoms with van der Waals surface area (Å²) >= 11 is 0. The Morgan fingerprint density at radius 3 is 2.13 bits per heavy atom. The lowest BCUT2D eigenvalue weighted by Crippen LogP contribution is -2.14. The molecule has 0 N–H and O–H groups in total. The Morgan fingerprint density at radius 2 is 1.23 bits per heavy atom. The van der Waals surface area contributed by atoms with Gasteiger partial charge in [0, 0.05) is 32.5 Å². The third kappa shape index (κ3) is 3.77. The summed E-state index contributed by atoms with van der Waals surface area (Å²) in [6, 6.07) is 52.2. The van der Waals surface area contributed by atoms with Gasteiger partial charge in [-0.2, -0.15) is 0 Å². The van der Waals surface area contributed by atoms with Crippen LogP contribution in [0.4, 0.5) is 0 Å². The highest BCUT2D eigenvalue weighted by Gasteiger charge is 2.36. The first-order valence-corrected chi connectivity index (χ1v) is 16.2. The van der Waals surface area contributed by atoms with Crippen LogP contribution in [0.5, 0.6) is 0 Å². The van der Waals surface area contributed by atoms with Gasteiger partial charge in [0.05, 0.1) is 16.7 Å². The molecule has 0 radical (unpaired) electrons. The standard InChI is InChI=1S/C44H30N2O/c1-44(2)36-17-9-6-14-30(36)33-26-40-34(25-37(33)44)31-15-7-10-18-39(31)46(40)43-24-29(27-12-4-3-5-13-27)23-38(45-43)28-20-21-42-35(22-28)32-16-8-11-19-41(32)47-42/h3-26H,1-2H3. The van der Waals surface area contributed by atoms with Crippen molar-refractivity contribution in [2.75, 3.05) is 0 Å². The number of furan rings is 1. The van der Waals surface area contributed by atoms with E-state index in [9.17, 15) is 0 Å². The second-order valence-corrected chi connectivity index (χ2v) is 13.2. The summed E-state index contributed by atoms with van der Waals surface area (Å²) in [7, 11) is 0. The highest BCUT2D eigenvalue weighted by molar-refractivity contribution is 6.11. The van der Waals surface area contributed by atoms with Gasteiger partial charge in [0.15, 0.2) is 0 Å². The summed E-state index contributed by atoms with van der Waals surface area (Å²) < 4.78 is 8.53. The van der Waals surface area contributed by atoms with Crippen molar-refractivity contribution in [1.82, 2.24) is 9.55 Å². The van der Waals surface area contributed by atoms with E-state index in [4.69, 9.17) is 9.40 Å². The Balaban J connectivity index is 1.27. The molecule has 3 heteroatoms. The van der Waals surface area contributed by atoms with Gasteiger partial charge in [-0.05, 0) is 88.0 Å². The average molecular weight is 603 g/mol. The molecule has 0 amide bonds. The molecule has 9 aromatic rings. The Hall–Kier alpha value is -5.93. The van der Waals surface area contributed by atoms with E-state index in [2.05, 4.69) is 152 Å². The van der Waals surface area contributed by atoms with Crippen LogP contribution in [0.2, 0.25) is 0 Å². The fourth-order valence-electron chi connectivity index (χ4n) is 7.87. The maximum atomic E-state index is 6.17. The van der Waals surface area contributed by atoms with Gasteiger partial charge in [-0.1, -0.05) is 105 Å². The minimum Gasteiger partial charge on any atom is -0.456 e. The van der Waals surface area contributed by atoms with Crippen LogP contribution < -0.4 is 0 Å². The average Bonchev–Trinajstić information content (AvgIpc) is 3.73. The molecule has 0 unspecified atom stereocenters. The van der Waals surface area contributed by atoms with Gasteiger partial charge < -0.3 is 4.42 Å². The highest BCUT2D eigenvalue weighted by Crippen LogP contribution is 2.51. The Labute approximate surface area is 272 Å². The van der Waals surface area contributed by atoms with Crippen molar-refractivity contribution >= 4 is 43.7 Å². The van der Waals surface area contributed by atoms with Gasteiger partial charge >= 0.3 is 0 Å². The number of para-hydroxylation sites is 2. The fraction of sp³-hybridized carbons (Fsp3) is 0.0682. The molecule has 0 spiro atoms. The molecular weight excluding hydrogens is 572 g/mol.